The molecule has 1 fully saturated rings. The van der Waals surface area contributed by atoms with Crippen molar-refractivity contribution < 1.29 is 9.53 Å². The van der Waals surface area contributed by atoms with Crippen molar-refractivity contribution in [2.24, 2.45) is 0 Å². The number of hydrogen-bond acceptors (Lipinski definition) is 5. The number of amides is 1. The first kappa shape index (κ1) is 17.2. The Morgan fingerprint density at radius 1 is 1.16 bits per heavy atom. The van der Waals surface area contributed by atoms with Gasteiger partial charge < -0.3 is 15.0 Å². The van der Waals surface area contributed by atoms with Gasteiger partial charge in [0.2, 0.25) is 11.8 Å². The van der Waals surface area contributed by atoms with E-state index >= 15 is 0 Å². The molecule has 1 amide bonds. The van der Waals surface area contributed by atoms with E-state index in [1.807, 2.05) is 38.1 Å². The average molecular weight is 340 g/mol. The molecule has 1 aromatic heterocycles. The van der Waals surface area contributed by atoms with Gasteiger partial charge in [0.15, 0.2) is 6.61 Å². The highest BCUT2D eigenvalue weighted by atomic mass is 16.5. The normalized spacial score (nSPS) is 14.2. The molecule has 0 bridgehead atoms. The van der Waals surface area contributed by atoms with Gasteiger partial charge in [-0.15, -0.1) is 0 Å². The zero-order valence-corrected chi connectivity index (χ0v) is 14.8. The van der Waals surface area contributed by atoms with Crippen LogP contribution in [0.3, 0.4) is 0 Å². The van der Waals surface area contributed by atoms with E-state index in [4.69, 9.17) is 4.74 Å². The van der Waals surface area contributed by atoms with Gasteiger partial charge >= 0.3 is 0 Å². The van der Waals surface area contributed by atoms with Crippen LogP contribution < -0.4 is 15.0 Å². The van der Waals surface area contributed by atoms with Crippen LogP contribution >= 0.6 is 0 Å². The molecule has 1 saturated heterocycles. The summed E-state index contributed by atoms with van der Waals surface area (Å²) in [7, 11) is 0. The Balaban J connectivity index is 1.60. The lowest BCUT2D eigenvalue weighted by molar-refractivity contribution is -0.118. The van der Waals surface area contributed by atoms with Gasteiger partial charge in [0.05, 0.1) is 0 Å². The van der Waals surface area contributed by atoms with Gasteiger partial charge in [-0.05, 0) is 50.8 Å². The Kier molecular flexibility index (Phi) is 5.48. The highest BCUT2D eigenvalue weighted by Gasteiger charge is 2.15. The number of nitrogens with one attached hydrogen (secondary N) is 1. The summed E-state index contributed by atoms with van der Waals surface area (Å²) in [5.74, 6) is 0.919. The van der Waals surface area contributed by atoms with E-state index in [-0.39, 0.29) is 12.5 Å². The molecular formula is C19H24N4O2. The summed E-state index contributed by atoms with van der Waals surface area (Å²) in [5, 5.41) is 2.83. The van der Waals surface area contributed by atoms with E-state index in [1.54, 1.807) is 6.07 Å². The maximum Gasteiger partial charge on any atom is 0.262 e. The molecule has 132 valence electrons. The summed E-state index contributed by atoms with van der Waals surface area (Å²) < 4.78 is 5.59. The lowest BCUT2D eigenvalue weighted by Crippen LogP contribution is -2.31. The van der Waals surface area contributed by atoms with Crippen LogP contribution in [0.1, 0.15) is 30.5 Å². The molecular weight excluding hydrogens is 316 g/mol. The maximum absolute atomic E-state index is 12.1. The third-order valence-electron chi connectivity index (χ3n) is 4.11. The number of piperidine rings is 1. The number of anilines is 2. The van der Waals surface area contributed by atoms with Crippen molar-refractivity contribution in [3.63, 3.8) is 0 Å². The molecule has 0 aliphatic carbocycles. The summed E-state index contributed by atoms with van der Waals surface area (Å²) in [6.45, 7) is 5.75. The number of rotatable bonds is 5. The highest BCUT2D eigenvalue weighted by Crippen LogP contribution is 2.19. The molecule has 2 aromatic rings. The van der Waals surface area contributed by atoms with Crippen molar-refractivity contribution >= 4 is 17.5 Å². The lowest BCUT2D eigenvalue weighted by atomic mass is 10.1. The molecule has 1 N–H and O–H groups in total. The Bertz CT molecular complexity index is 742. The molecule has 3 rings (SSSR count). The van der Waals surface area contributed by atoms with Crippen molar-refractivity contribution in [3.8, 4) is 5.88 Å². The van der Waals surface area contributed by atoms with Crippen molar-refractivity contribution in [2.75, 3.05) is 29.9 Å². The van der Waals surface area contributed by atoms with Crippen molar-refractivity contribution in [1.82, 2.24) is 9.97 Å². The predicted molar refractivity (Wildman–Crippen MR) is 98.1 cm³/mol. The van der Waals surface area contributed by atoms with Crippen LogP contribution in [0.2, 0.25) is 0 Å². The summed E-state index contributed by atoms with van der Waals surface area (Å²) in [6, 6.07) is 9.42. The number of aromatic nitrogens is 2. The molecule has 0 unspecified atom stereocenters. The Morgan fingerprint density at radius 3 is 2.72 bits per heavy atom. The third kappa shape index (κ3) is 4.92. The first-order valence-electron chi connectivity index (χ1n) is 8.70. The van der Waals surface area contributed by atoms with Crippen LogP contribution in [-0.4, -0.2) is 35.6 Å². The fraction of sp³-hybridized carbons (Fsp3) is 0.421. The van der Waals surface area contributed by atoms with Crippen LogP contribution in [0.15, 0.2) is 30.3 Å². The molecule has 0 atom stereocenters. The molecule has 0 spiro atoms. The van der Waals surface area contributed by atoms with Crippen LogP contribution in [0.5, 0.6) is 5.88 Å². The number of carbonyl (C=O) groups is 1. The van der Waals surface area contributed by atoms with Crippen molar-refractivity contribution in [1.29, 1.82) is 0 Å². The SMILES string of the molecule is Cc1cccc(NC(=O)COc2cc(C)nc(N3CCCCC3)n2)c1. The zero-order valence-electron chi connectivity index (χ0n) is 14.8. The van der Waals surface area contributed by atoms with Crippen LogP contribution in [-0.2, 0) is 4.79 Å². The predicted octanol–water partition coefficient (Wildman–Crippen LogP) is 3.10. The highest BCUT2D eigenvalue weighted by molar-refractivity contribution is 5.91. The quantitative estimate of drug-likeness (QED) is 0.906. The van der Waals surface area contributed by atoms with Gasteiger partial charge in [-0.1, -0.05) is 12.1 Å². The first-order valence-corrected chi connectivity index (χ1v) is 8.70. The molecule has 6 nitrogen and oxygen atoms in total. The maximum atomic E-state index is 12.1. The van der Waals surface area contributed by atoms with Crippen LogP contribution in [0.4, 0.5) is 11.6 Å². The molecule has 6 heteroatoms. The summed E-state index contributed by atoms with van der Waals surface area (Å²) >= 11 is 0. The molecule has 2 heterocycles. The molecule has 1 aromatic carbocycles. The average Bonchev–Trinajstić information content (AvgIpc) is 2.60. The zero-order chi connectivity index (χ0) is 17.6. The van der Waals surface area contributed by atoms with E-state index < -0.39 is 0 Å². The summed E-state index contributed by atoms with van der Waals surface area (Å²) in [6.07, 6.45) is 3.57. The Morgan fingerprint density at radius 2 is 1.96 bits per heavy atom. The van der Waals surface area contributed by atoms with Gasteiger partial charge in [-0.3, -0.25) is 4.79 Å². The van der Waals surface area contributed by atoms with Crippen LogP contribution in [0, 0.1) is 13.8 Å². The van der Waals surface area contributed by atoms with E-state index in [2.05, 4.69) is 20.2 Å². The largest absolute Gasteiger partial charge is 0.467 e. The van der Waals surface area contributed by atoms with Gasteiger partial charge in [-0.25, -0.2) is 4.98 Å². The smallest absolute Gasteiger partial charge is 0.262 e. The second kappa shape index (κ2) is 7.96. The fourth-order valence-electron chi connectivity index (χ4n) is 2.89. The number of nitrogens with zero attached hydrogens (tertiary/aromatic N) is 3. The topological polar surface area (TPSA) is 67.3 Å². The van der Waals surface area contributed by atoms with E-state index in [1.165, 1.54) is 6.42 Å². The fourth-order valence-corrected chi connectivity index (χ4v) is 2.89. The first-order chi connectivity index (χ1) is 12.1. The number of carbonyl (C=O) groups excluding carboxylic acids is 1. The lowest BCUT2D eigenvalue weighted by Gasteiger charge is -2.26. The Labute approximate surface area is 148 Å². The minimum Gasteiger partial charge on any atom is -0.467 e. The van der Waals surface area contributed by atoms with Crippen molar-refractivity contribution in [2.45, 2.75) is 33.1 Å². The molecule has 0 saturated carbocycles. The van der Waals surface area contributed by atoms with Crippen LogP contribution in [0.25, 0.3) is 0 Å². The minimum absolute atomic E-state index is 0.0795. The second-order valence-corrected chi connectivity index (χ2v) is 6.40. The third-order valence-corrected chi connectivity index (χ3v) is 4.11. The van der Waals surface area contributed by atoms with E-state index in [9.17, 15) is 4.79 Å². The van der Waals surface area contributed by atoms with Gasteiger partial charge in [-0.2, -0.15) is 4.98 Å². The van der Waals surface area contributed by atoms with Gasteiger partial charge in [0.1, 0.15) is 0 Å². The number of hydrogen-bond donors (Lipinski definition) is 1. The number of aryl methyl sites for hydroxylation is 2. The number of benzene rings is 1. The summed E-state index contributed by atoms with van der Waals surface area (Å²) in [5.41, 5.74) is 2.70. The summed E-state index contributed by atoms with van der Waals surface area (Å²) in [4.78, 5) is 23.2. The van der Waals surface area contributed by atoms with Crippen molar-refractivity contribution in [3.05, 3.63) is 41.6 Å². The molecule has 1 aliphatic heterocycles. The minimum atomic E-state index is -0.207. The van der Waals surface area contributed by atoms with Gasteiger partial charge in [0.25, 0.3) is 5.91 Å². The number of ether oxygens (including phenoxy) is 1. The molecule has 25 heavy (non-hydrogen) atoms. The molecule has 1 aliphatic rings. The molecule has 0 radical (unpaired) electrons. The monoisotopic (exact) mass is 340 g/mol. The Hall–Kier alpha value is -2.63. The second-order valence-electron chi connectivity index (χ2n) is 6.40. The van der Waals surface area contributed by atoms with Gasteiger partial charge in [0, 0.05) is 30.5 Å². The van der Waals surface area contributed by atoms with E-state index in [0.717, 1.165) is 42.9 Å². The standard InChI is InChI=1S/C19H24N4O2/c1-14-7-6-8-16(11-14)21-17(24)13-25-18-12-15(2)20-19(22-18)23-9-4-3-5-10-23/h6-8,11-12H,3-5,9-10,13H2,1-2H3,(H,21,24). The van der Waals surface area contributed by atoms with E-state index in [0.29, 0.717) is 11.8 Å².